The maximum atomic E-state index is 4.75. The molecule has 0 aromatic carbocycles. The van der Waals surface area contributed by atoms with Crippen molar-refractivity contribution in [3.05, 3.63) is 23.1 Å². The molecule has 1 rings (SSSR count). The fourth-order valence-corrected chi connectivity index (χ4v) is 0.519. The van der Waals surface area contributed by atoms with Crippen molar-refractivity contribution in [1.82, 2.24) is 0 Å². The summed E-state index contributed by atoms with van der Waals surface area (Å²) in [6.07, 6.45) is 1.62. The van der Waals surface area contributed by atoms with E-state index >= 15 is 0 Å². The van der Waals surface area contributed by atoms with Crippen LogP contribution in [0.1, 0.15) is 2.85 Å². The molecule has 1 heterocycles. The molecule has 0 amide bonds. The molecule has 0 unspecified atom stereocenters. The second kappa shape index (κ2) is 3.52. The Morgan fingerprint density at radius 2 is 2.43 bits per heavy atom. The van der Waals surface area contributed by atoms with Crippen LogP contribution in [0, 0.1) is 0 Å². The minimum Gasteiger partial charge on any atom is -1.00 e. The van der Waals surface area contributed by atoms with E-state index in [2.05, 4.69) is 15.9 Å². The Balaban J connectivity index is -0.000000120. The summed E-state index contributed by atoms with van der Waals surface area (Å²) < 4.78 is 5.53. The quantitative estimate of drug-likeness (QED) is 0.546. The molecule has 0 spiro atoms. The van der Waals surface area contributed by atoms with Crippen molar-refractivity contribution in [3.63, 3.8) is 0 Å². The van der Waals surface area contributed by atoms with Crippen molar-refractivity contribution in [2.45, 2.75) is 0 Å². The summed E-state index contributed by atoms with van der Waals surface area (Å²) >= 11 is 3.11. The molecule has 0 atom stereocenters. The van der Waals surface area contributed by atoms with Crippen LogP contribution in [0.5, 0.6) is 0 Å². The Kier molecular flexibility index (Phi) is 3.78. The minimum atomic E-state index is 0. The van der Waals surface area contributed by atoms with Gasteiger partial charge < -0.3 is 7.27 Å². The van der Waals surface area contributed by atoms with Crippen LogP contribution in [0.4, 0.5) is 0 Å². The second-order valence-electron chi connectivity index (χ2n) is 0.917. The minimum absolute atomic E-state index is 0. The molecule has 0 saturated carbocycles. The fraction of sp³-hybridized carbons (Fsp3) is 0. The average molecular weight is 173 g/mol. The van der Waals surface area contributed by atoms with Crippen LogP contribution >= 0.6 is 15.9 Å². The standard InChI is InChI=1S/C4H3BrO.Mg.2H/c5-4-2-1-3-6-4;;;/h1-3H;;;/q;+2;2*-1. The van der Waals surface area contributed by atoms with E-state index in [-0.39, 0.29) is 25.9 Å². The molecule has 0 aliphatic heterocycles. The molecule has 3 heteroatoms. The maximum Gasteiger partial charge on any atom is 2.00 e. The SMILES string of the molecule is Brc1ccco1.[H-].[H-].[Mg+2]. The van der Waals surface area contributed by atoms with Crippen LogP contribution in [0.3, 0.4) is 0 Å². The molecule has 0 aliphatic rings. The molecule has 36 valence electrons. The first-order valence-electron chi connectivity index (χ1n) is 1.58. The Morgan fingerprint density at radius 3 is 2.57 bits per heavy atom. The first kappa shape index (κ1) is 7.53. The van der Waals surface area contributed by atoms with Crippen LogP contribution in [0.25, 0.3) is 0 Å². The van der Waals surface area contributed by atoms with E-state index in [1.807, 2.05) is 12.1 Å². The third kappa shape index (κ3) is 2.36. The van der Waals surface area contributed by atoms with Gasteiger partial charge >= 0.3 is 23.1 Å². The molecular formula is C4H5BrMgO. The fourth-order valence-electron chi connectivity index (χ4n) is 0.259. The molecule has 1 aromatic heterocycles. The smallest absolute Gasteiger partial charge is 1.00 e. The monoisotopic (exact) mass is 172 g/mol. The van der Waals surface area contributed by atoms with Gasteiger partial charge in [0.1, 0.15) is 0 Å². The summed E-state index contributed by atoms with van der Waals surface area (Å²) in [5.41, 5.74) is 0. The largest absolute Gasteiger partial charge is 2.00 e. The molecule has 0 N–H and O–H groups in total. The van der Waals surface area contributed by atoms with Crippen LogP contribution in [-0.2, 0) is 0 Å². The third-order valence-electron chi connectivity index (χ3n) is 0.486. The van der Waals surface area contributed by atoms with Crippen molar-refractivity contribution in [2.75, 3.05) is 0 Å². The Bertz CT molecular complexity index is 122. The van der Waals surface area contributed by atoms with Crippen LogP contribution in [0.15, 0.2) is 27.5 Å². The number of halogens is 1. The molecule has 0 bridgehead atoms. The Morgan fingerprint density at radius 1 is 1.71 bits per heavy atom. The van der Waals surface area contributed by atoms with Gasteiger partial charge in [-0.15, -0.1) is 0 Å². The van der Waals surface area contributed by atoms with Crippen molar-refractivity contribution in [1.29, 1.82) is 0 Å². The van der Waals surface area contributed by atoms with Gasteiger partial charge in [0.05, 0.1) is 6.26 Å². The van der Waals surface area contributed by atoms with E-state index in [4.69, 9.17) is 4.42 Å². The molecule has 0 fully saturated rings. The first-order valence-corrected chi connectivity index (χ1v) is 2.38. The van der Waals surface area contributed by atoms with E-state index in [0.29, 0.717) is 0 Å². The van der Waals surface area contributed by atoms with Gasteiger partial charge in [-0.1, -0.05) is 0 Å². The van der Waals surface area contributed by atoms with E-state index < -0.39 is 0 Å². The van der Waals surface area contributed by atoms with Gasteiger partial charge in [-0.05, 0) is 28.1 Å². The van der Waals surface area contributed by atoms with Crippen molar-refractivity contribution in [3.8, 4) is 0 Å². The summed E-state index contributed by atoms with van der Waals surface area (Å²) in [7, 11) is 0. The molecule has 0 radical (unpaired) electrons. The van der Waals surface area contributed by atoms with Gasteiger partial charge in [0, 0.05) is 0 Å². The zero-order valence-electron chi connectivity index (χ0n) is 5.73. The van der Waals surface area contributed by atoms with Crippen molar-refractivity contribution >= 4 is 39.0 Å². The van der Waals surface area contributed by atoms with Gasteiger partial charge in [0.15, 0.2) is 4.67 Å². The van der Waals surface area contributed by atoms with Gasteiger partial charge in [-0.2, -0.15) is 0 Å². The molecule has 0 aliphatic carbocycles. The first-order chi connectivity index (χ1) is 2.89. The van der Waals surface area contributed by atoms with Gasteiger partial charge in [0.2, 0.25) is 0 Å². The maximum absolute atomic E-state index is 4.75. The summed E-state index contributed by atoms with van der Waals surface area (Å²) in [6, 6.07) is 3.66. The zero-order valence-corrected chi connectivity index (χ0v) is 6.73. The molecule has 1 nitrogen and oxygen atoms in total. The van der Waals surface area contributed by atoms with E-state index in [0.717, 1.165) is 4.67 Å². The van der Waals surface area contributed by atoms with Gasteiger partial charge in [-0.3, -0.25) is 0 Å². The summed E-state index contributed by atoms with van der Waals surface area (Å²) in [5.74, 6) is 0. The van der Waals surface area contributed by atoms with E-state index in [1.54, 1.807) is 6.26 Å². The number of furan rings is 1. The molecule has 7 heavy (non-hydrogen) atoms. The van der Waals surface area contributed by atoms with Crippen LogP contribution in [-0.4, -0.2) is 23.1 Å². The summed E-state index contributed by atoms with van der Waals surface area (Å²) in [5, 5.41) is 0. The van der Waals surface area contributed by atoms with Gasteiger partial charge in [-0.25, -0.2) is 0 Å². The Labute approximate surface area is 69.3 Å². The second-order valence-corrected chi connectivity index (χ2v) is 1.70. The molecule has 0 saturated heterocycles. The predicted molar refractivity (Wildman–Crippen MR) is 34.4 cm³/mol. The van der Waals surface area contributed by atoms with E-state index in [1.165, 1.54) is 0 Å². The van der Waals surface area contributed by atoms with E-state index in [9.17, 15) is 0 Å². The number of rotatable bonds is 0. The molecule has 1 aromatic rings. The predicted octanol–water partition coefficient (Wildman–Crippen LogP) is 1.89. The number of hydrogen-bond donors (Lipinski definition) is 0. The topological polar surface area (TPSA) is 13.1 Å². The number of hydrogen-bond acceptors (Lipinski definition) is 1. The molecular weight excluding hydrogens is 168 g/mol. The van der Waals surface area contributed by atoms with Gasteiger partial charge in [0.25, 0.3) is 0 Å². The van der Waals surface area contributed by atoms with Crippen molar-refractivity contribution < 1.29 is 7.27 Å². The average Bonchev–Trinajstić information content (AvgIpc) is 1.86. The summed E-state index contributed by atoms with van der Waals surface area (Å²) in [4.78, 5) is 0. The van der Waals surface area contributed by atoms with Crippen LogP contribution < -0.4 is 0 Å². The third-order valence-corrected chi connectivity index (χ3v) is 0.938. The van der Waals surface area contributed by atoms with Crippen molar-refractivity contribution in [2.24, 2.45) is 0 Å². The Hall–Kier alpha value is 0.526. The summed E-state index contributed by atoms with van der Waals surface area (Å²) in [6.45, 7) is 0. The van der Waals surface area contributed by atoms with Crippen LogP contribution in [0.2, 0.25) is 0 Å². The normalized spacial score (nSPS) is 7.57. The zero-order chi connectivity index (χ0) is 4.41.